The fourth-order valence-electron chi connectivity index (χ4n) is 4.51. The van der Waals surface area contributed by atoms with Gasteiger partial charge in [-0.3, -0.25) is 4.79 Å². The summed E-state index contributed by atoms with van der Waals surface area (Å²) >= 11 is 0. The molecule has 0 spiro atoms. The second-order valence-corrected chi connectivity index (χ2v) is 9.10. The van der Waals surface area contributed by atoms with E-state index in [-0.39, 0.29) is 30.0 Å². The van der Waals surface area contributed by atoms with Crippen molar-refractivity contribution >= 4 is 11.0 Å². The van der Waals surface area contributed by atoms with Crippen LogP contribution in [0.2, 0.25) is 0 Å². The lowest BCUT2D eigenvalue weighted by Gasteiger charge is -2.33. The largest absolute Gasteiger partial charge is 0.491 e. The average Bonchev–Trinajstić information content (AvgIpc) is 2.73. The molecule has 3 atom stereocenters. The predicted octanol–water partition coefficient (Wildman–Crippen LogP) is 2.63. The minimum atomic E-state index is -0.603. The van der Waals surface area contributed by atoms with Gasteiger partial charge in [0, 0.05) is 6.07 Å². The molecule has 1 aromatic heterocycles. The van der Waals surface area contributed by atoms with Crippen molar-refractivity contribution in [1.82, 2.24) is 0 Å². The molecule has 1 aliphatic heterocycles. The van der Waals surface area contributed by atoms with Gasteiger partial charge in [0.25, 0.3) is 0 Å². The van der Waals surface area contributed by atoms with Crippen LogP contribution < -0.4 is 19.8 Å². The number of rotatable bonds is 7. The van der Waals surface area contributed by atoms with E-state index in [1.165, 1.54) is 11.2 Å². The van der Waals surface area contributed by atoms with Crippen molar-refractivity contribution in [3.63, 3.8) is 0 Å². The Hall–Kier alpha value is -2.87. The summed E-state index contributed by atoms with van der Waals surface area (Å²) in [6.45, 7) is 10.6. The monoisotopic (exact) mass is 454 g/mol. The van der Waals surface area contributed by atoms with Crippen molar-refractivity contribution in [2.45, 2.75) is 46.0 Å². The minimum absolute atomic E-state index is 0.133. The van der Waals surface area contributed by atoms with Crippen molar-refractivity contribution in [3.05, 3.63) is 64.0 Å². The quantitative estimate of drug-likeness (QED) is 0.571. The maximum atomic E-state index is 12.9. The van der Waals surface area contributed by atoms with Gasteiger partial charge >= 0.3 is 0 Å². The Morgan fingerprint density at radius 3 is 2.45 bits per heavy atom. The number of nitrogens with one attached hydrogen (secondary N) is 1. The van der Waals surface area contributed by atoms with Crippen LogP contribution in [0, 0.1) is 13.8 Å². The van der Waals surface area contributed by atoms with Gasteiger partial charge in [0.1, 0.15) is 67.9 Å². The molecule has 3 aromatic rings. The molecule has 0 radical (unpaired) electrons. The highest BCUT2D eigenvalue weighted by molar-refractivity contribution is 5.79. The van der Waals surface area contributed by atoms with Gasteiger partial charge < -0.3 is 28.6 Å². The van der Waals surface area contributed by atoms with E-state index in [0.717, 1.165) is 24.2 Å². The zero-order chi connectivity index (χ0) is 23.5. The van der Waals surface area contributed by atoms with Crippen LogP contribution in [0.15, 0.2) is 51.9 Å². The third-order valence-electron chi connectivity index (χ3n) is 5.72. The molecule has 7 heteroatoms. The predicted molar refractivity (Wildman–Crippen MR) is 126 cm³/mol. The number of ether oxygens (including phenoxy) is 3. The molecule has 1 fully saturated rings. The molecule has 0 bridgehead atoms. The first-order valence-corrected chi connectivity index (χ1v) is 11.4. The first-order chi connectivity index (χ1) is 15.8. The first kappa shape index (κ1) is 23.3. The third kappa shape index (κ3) is 5.93. The molecule has 4 rings (SSSR count). The highest BCUT2D eigenvalue weighted by Gasteiger charge is 2.27. The topological polar surface area (TPSA) is 82.6 Å². The van der Waals surface area contributed by atoms with Gasteiger partial charge in [0.2, 0.25) is 11.2 Å². The molecule has 2 aromatic carbocycles. The number of quaternary nitrogens is 1. The van der Waals surface area contributed by atoms with E-state index in [1.54, 1.807) is 18.2 Å². The number of morpholine rings is 1. The van der Waals surface area contributed by atoms with Crippen molar-refractivity contribution in [3.8, 4) is 17.2 Å². The van der Waals surface area contributed by atoms with Crippen molar-refractivity contribution < 1.29 is 28.6 Å². The number of aryl methyl sites for hydroxylation is 2. The molecule has 3 unspecified atom stereocenters. The van der Waals surface area contributed by atoms with Gasteiger partial charge in [-0.2, -0.15) is 0 Å². The Bertz CT molecular complexity index is 1140. The number of aliphatic hydroxyl groups is 1. The normalized spacial score (nSPS) is 21.7. The highest BCUT2D eigenvalue weighted by Crippen LogP contribution is 2.25. The number of hydrogen-bond acceptors (Lipinski definition) is 6. The van der Waals surface area contributed by atoms with E-state index >= 15 is 0 Å². The summed E-state index contributed by atoms with van der Waals surface area (Å²) in [4.78, 5) is 14.2. The molecule has 7 nitrogen and oxygen atoms in total. The first-order valence-electron chi connectivity index (χ1n) is 11.4. The van der Waals surface area contributed by atoms with Gasteiger partial charge in [-0.25, -0.2) is 0 Å². The molecule has 0 saturated carbocycles. The standard InChI is InChI=1S/C26H31NO6/c1-16-7-17(2)9-22(8-16)33-25-15-31-24-10-21(5-6-23(24)26(25)29)30-14-20(28)13-27-11-18(3)32-19(4)12-27/h5-10,15,18-20,28H,11-14H2,1-4H3/p+1. The Labute approximate surface area is 193 Å². The molecule has 0 amide bonds. The fraction of sp³-hybridized carbons (Fsp3) is 0.423. The van der Waals surface area contributed by atoms with Crippen molar-refractivity contribution in [1.29, 1.82) is 0 Å². The third-order valence-corrected chi connectivity index (χ3v) is 5.72. The van der Waals surface area contributed by atoms with E-state index in [0.29, 0.717) is 29.0 Å². The Kier molecular flexibility index (Phi) is 7.02. The average molecular weight is 455 g/mol. The lowest BCUT2D eigenvalue weighted by atomic mass is 10.1. The number of benzene rings is 2. The molecule has 2 N–H and O–H groups in total. The van der Waals surface area contributed by atoms with E-state index in [1.807, 2.05) is 32.0 Å². The molecule has 1 saturated heterocycles. The fourth-order valence-corrected chi connectivity index (χ4v) is 4.51. The van der Waals surface area contributed by atoms with Crippen LogP contribution >= 0.6 is 0 Å². The van der Waals surface area contributed by atoms with Crippen LogP contribution in [-0.2, 0) is 4.74 Å². The van der Waals surface area contributed by atoms with Gasteiger partial charge in [0.05, 0.1) is 5.39 Å². The number of fused-ring (bicyclic) bond motifs is 1. The summed E-state index contributed by atoms with van der Waals surface area (Å²) < 4.78 is 23.0. The molecule has 1 aliphatic rings. The summed E-state index contributed by atoms with van der Waals surface area (Å²) in [7, 11) is 0. The Balaban J connectivity index is 1.41. The molecule has 33 heavy (non-hydrogen) atoms. The van der Waals surface area contributed by atoms with Crippen LogP contribution in [-0.4, -0.2) is 49.7 Å². The minimum Gasteiger partial charge on any atom is -0.491 e. The van der Waals surface area contributed by atoms with Crippen LogP contribution in [0.4, 0.5) is 0 Å². The molecule has 2 heterocycles. The molecule has 176 valence electrons. The second-order valence-electron chi connectivity index (χ2n) is 9.10. The summed E-state index contributed by atoms with van der Waals surface area (Å²) in [5.41, 5.74) is 2.26. The number of aliphatic hydroxyl groups excluding tert-OH is 1. The SMILES string of the molecule is Cc1cc(C)cc(Oc2coc3cc(OCC(O)C[NH+]4CC(C)OC(C)C4)ccc3c2=O)c1. The highest BCUT2D eigenvalue weighted by atomic mass is 16.5. The van der Waals surface area contributed by atoms with Crippen molar-refractivity contribution in [2.24, 2.45) is 0 Å². The lowest BCUT2D eigenvalue weighted by molar-refractivity contribution is -0.918. The van der Waals surface area contributed by atoms with Gasteiger partial charge in [0.15, 0.2) is 0 Å². The summed E-state index contributed by atoms with van der Waals surface area (Å²) in [5, 5.41) is 10.8. The van der Waals surface area contributed by atoms with Crippen LogP contribution in [0.5, 0.6) is 17.2 Å². The summed E-state index contributed by atoms with van der Waals surface area (Å²) in [6, 6.07) is 10.8. The van der Waals surface area contributed by atoms with Crippen LogP contribution in [0.3, 0.4) is 0 Å². The summed E-state index contributed by atoms with van der Waals surface area (Å²) in [5.74, 6) is 1.26. The van der Waals surface area contributed by atoms with E-state index in [2.05, 4.69) is 13.8 Å². The van der Waals surface area contributed by atoms with Gasteiger partial charge in [-0.05, 0) is 63.1 Å². The van der Waals surface area contributed by atoms with E-state index in [4.69, 9.17) is 18.6 Å². The number of hydrogen-bond donors (Lipinski definition) is 2. The summed E-state index contributed by atoms with van der Waals surface area (Å²) in [6.07, 6.45) is 1.09. The molecule has 0 aliphatic carbocycles. The maximum Gasteiger partial charge on any atom is 0.235 e. The lowest BCUT2D eigenvalue weighted by Crippen LogP contribution is -3.16. The van der Waals surface area contributed by atoms with Crippen LogP contribution in [0.25, 0.3) is 11.0 Å². The smallest absolute Gasteiger partial charge is 0.235 e. The van der Waals surface area contributed by atoms with Crippen LogP contribution in [0.1, 0.15) is 25.0 Å². The van der Waals surface area contributed by atoms with Gasteiger partial charge in [-0.15, -0.1) is 0 Å². The Morgan fingerprint density at radius 1 is 1.06 bits per heavy atom. The maximum absolute atomic E-state index is 12.9. The van der Waals surface area contributed by atoms with Gasteiger partial charge in [-0.1, -0.05) is 6.07 Å². The zero-order valence-corrected chi connectivity index (χ0v) is 19.6. The van der Waals surface area contributed by atoms with Crippen molar-refractivity contribution in [2.75, 3.05) is 26.2 Å². The second kappa shape index (κ2) is 9.95. The molecular formula is C26H32NO6+. The Morgan fingerprint density at radius 2 is 1.76 bits per heavy atom. The van der Waals surface area contributed by atoms with E-state index < -0.39 is 6.10 Å². The van der Waals surface area contributed by atoms with E-state index in [9.17, 15) is 9.90 Å². The molecular weight excluding hydrogens is 422 g/mol. The zero-order valence-electron chi connectivity index (χ0n) is 19.6.